The Morgan fingerprint density at radius 1 is 1.13 bits per heavy atom. The summed E-state index contributed by atoms with van der Waals surface area (Å²) in [5.41, 5.74) is 4.07. The molecule has 0 saturated carbocycles. The number of pyridine rings is 1. The maximum atomic E-state index is 12.4. The lowest BCUT2D eigenvalue weighted by molar-refractivity contribution is -0.118. The van der Waals surface area contributed by atoms with Gasteiger partial charge in [0, 0.05) is 18.0 Å². The summed E-state index contributed by atoms with van der Waals surface area (Å²) in [4.78, 5) is 20.6. The molecule has 158 valence electrons. The average molecular weight is 436 g/mol. The number of thioether (sulfide) groups is 1. The van der Waals surface area contributed by atoms with Crippen LogP contribution in [0.15, 0.2) is 52.4 Å². The number of aromatic nitrogens is 6. The summed E-state index contributed by atoms with van der Waals surface area (Å²) in [7, 11) is 0. The normalized spacial score (nSPS) is 10.9. The molecule has 4 aromatic rings. The van der Waals surface area contributed by atoms with Crippen LogP contribution in [-0.4, -0.2) is 41.5 Å². The van der Waals surface area contributed by atoms with E-state index in [1.807, 2.05) is 25.3 Å². The van der Waals surface area contributed by atoms with Crippen LogP contribution in [-0.2, 0) is 11.3 Å². The zero-order valence-electron chi connectivity index (χ0n) is 17.4. The molecule has 0 spiro atoms. The van der Waals surface area contributed by atoms with E-state index in [9.17, 15) is 4.79 Å². The number of carbonyl (C=O) groups excluding carboxylic acids is 1. The summed E-state index contributed by atoms with van der Waals surface area (Å²) in [5.74, 6) is 1.58. The number of hydrogen-bond donors (Lipinski definition) is 1. The van der Waals surface area contributed by atoms with Crippen LogP contribution in [0.5, 0.6) is 0 Å². The molecule has 0 aliphatic rings. The number of carbonyl (C=O) groups is 1. The Morgan fingerprint density at radius 3 is 2.74 bits per heavy atom. The molecule has 1 aromatic carbocycles. The molecule has 10 heteroatoms. The molecule has 0 aliphatic heterocycles. The Morgan fingerprint density at radius 2 is 1.94 bits per heavy atom. The highest BCUT2D eigenvalue weighted by Crippen LogP contribution is 2.24. The zero-order valence-corrected chi connectivity index (χ0v) is 18.2. The number of amides is 1. The largest absolute Gasteiger partial charge is 0.346 e. The van der Waals surface area contributed by atoms with Gasteiger partial charge < -0.3 is 9.84 Å². The first-order valence-electron chi connectivity index (χ1n) is 9.63. The van der Waals surface area contributed by atoms with Crippen molar-refractivity contribution in [2.75, 3.05) is 5.75 Å². The van der Waals surface area contributed by atoms with Crippen molar-refractivity contribution in [2.24, 2.45) is 0 Å². The molecule has 0 atom stereocenters. The van der Waals surface area contributed by atoms with E-state index in [0.29, 0.717) is 16.9 Å². The molecule has 0 aliphatic carbocycles. The topological polar surface area (TPSA) is 112 Å². The van der Waals surface area contributed by atoms with Crippen molar-refractivity contribution in [3.05, 3.63) is 65.6 Å². The number of benzene rings is 1. The first-order valence-corrected chi connectivity index (χ1v) is 10.6. The van der Waals surface area contributed by atoms with Gasteiger partial charge in [-0.15, -0.1) is 10.2 Å². The molecule has 0 fully saturated rings. The van der Waals surface area contributed by atoms with Gasteiger partial charge in [0.1, 0.15) is 5.82 Å². The Balaban J connectivity index is 1.37. The fourth-order valence-corrected chi connectivity index (χ4v) is 3.79. The van der Waals surface area contributed by atoms with Gasteiger partial charge in [0.15, 0.2) is 5.16 Å². The highest BCUT2D eigenvalue weighted by molar-refractivity contribution is 7.99. The minimum absolute atomic E-state index is 0.153. The van der Waals surface area contributed by atoms with Gasteiger partial charge >= 0.3 is 0 Å². The van der Waals surface area contributed by atoms with E-state index < -0.39 is 0 Å². The lowest BCUT2D eigenvalue weighted by Gasteiger charge is -2.12. The van der Waals surface area contributed by atoms with Crippen molar-refractivity contribution in [2.45, 2.75) is 32.5 Å². The molecular formula is C21H21N7O2S. The van der Waals surface area contributed by atoms with Crippen molar-refractivity contribution in [3.63, 3.8) is 0 Å². The predicted octanol–water partition coefficient (Wildman–Crippen LogP) is 3.05. The van der Waals surface area contributed by atoms with Gasteiger partial charge in [-0.1, -0.05) is 29.1 Å². The molecule has 0 radical (unpaired) electrons. The quantitative estimate of drug-likeness (QED) is 0.441. The zero-order chi connectivity index (χ0) is 21.8. The highest BCUT2D eigenvalue weighted by Gasteiger charge is 2.16. The van der Waals surface area contributed by atoms with E-state index >= 15 is 0 Å². The Labute approximate surface area is 183 Å². The molecule has 0 unspecified atom stereocenters. The van der Waals surface area contributed by atoms with E-state index in [2.05, 4.69) is 48.8 Å². The Kier molecular flexibility index (Phi) is 6.08. The van der Waals surface area contributed by atoms with Crippen LogP contribution >= 0.6 is 11.8 Å². The SMILES string of the molecule is Cc1ccc(C)c(-n2c(C)nnc2SCC(=O)NCc2nc(-c3ccncc3)no2)c1. The Bertz CT molecular complexity index is 1200. The van der Waals surface area contributed by atoms with Gasteiger partial charge in [0.05, 0.1) is 18.0 Å². The van der Waals surface area contributed by atoms with Crippen LogP contribution in [0.2, 0.25) is 0 Å². The number of nitrogens with one attached hydrogen (secondary N) is 1. The van der Waals surface area contributed by atoms with Gasteiger partial charge in [0.25, 0.3) is 0 Å². The number of aryl methyl sites for hydroxylation is 3. The van der Waals surface area contributed by atoms with Crippen LogP contribution in [0.4, 0.5) is 0 Å². The number of hydrogen-bond acceptors (Lipinski definition) is 8. The van der Waals surface area contributed by atoms with Crippen LogP contribution in [0.3, 0.4) is 0 Å². The van der Waals surface area contributed by atoms with Gasteiger partial charge in [-0.25, -0.2) is 0 Å². The van der Waals surface area contributed by atoms with E-state index in [1.54, 1.807) is 24.5 Å². The molecule has 3 heterocycles. The van der Waals surface area contributed by atoms with Crippen molar-refractivity contribution >= 4 is 17.7 Å². The van der Waals surface area contributed by atoms with Gasteiger partial charge in [-0.05, 0) is 50.1 Å². The second-order valence-corrected chi connectivity index (χ2v) is 7.91. The van der Waals surface area contributed by atoms with Crippen LogP contribution in [0.1, 0.15) is 22.8 Å². The number of rotatable bonds is 7. The molecule has 1 amide bonds. The van der Waals surface area contributed by atoms with Crippen molar-refractivity contribution in [1.29, 1.82) is 0 Å². The van der Waals surface area contributed by atoms with Crippen LogP contribution in [0, 0.1) is 20.8 Å². The monoisotopic (exact) mass is 435 g/mol. The minimum atomic E-state index is -0.165. The maximum absolute atomic E-state index is 12.4. The Hall–Kier alpha value is -3.53. The van der Waals surface area contributed by atoms with E-state index in [-0.39, 0.29) is 18.2 Å². The summed E-state index contributed by atoms with van der Waals surface area (Å²) >= 11 is 1.33. The lowest BCUT2D eigenvalue weighted by atomic mass is 10.1. The fraction of sp³-hybridized carbons (Fsp3) is 0.238. The third-order valence-electron chi connectivity index (χ3n) is 4.58. The summed E-state index contributed by atoms with van der Waals surface area (Å²) in [6.45, 7) is 6.13. The van der Waals surface area contributed by atoms with Crippen molar-refractivity contribution in [1.82, 2.24) is 35.2 Å². The van der Waals surface area contributed by atoms with E-state index in [1.165, 1.54) is 11.8 Å². The van der Waals surface area contributed by atoms with Gasteiger partial charge in [0.2, 0.25) is 17.6 Å². The summed E-state index contributed by atoms with van der Waals surface area (Å²) in [6.07, 6.45) is 3.31. The molecule has 3 aromatic heterocycles. The van der Waals surface area contributed by atoms with Crippen molar-refractivity contribution in [3.8, 4) is 17.1 Å². The standard InChI is InChI=1S/C21H21N7O2S/c1-13-4-5-14(2)17(10-13)28-15(3)25-26-21(28)31-12-18(29)23-11-19-24-20(27-30-19)16-6-8-22-9-7-16/h4-10H,11-12H2,1-3H3,(H,23,29). The molecule has 31 heavy (non-hydrogen) atoms. The smallest absolute Gasteiger partial charge is 0.246 e. The number of nitrogens with zero attached hydrogens (tertiary/aromatic N) is 6. The average Bonchev–Trinajstić information content (AvgIpc) is 3.40. The summed E-state index contributed by atoms with van der Waals surface area (Å²) < 4.78 is 7.18. The summed E-state index contributed by atoms with van der Waals surface area (Å²) in [6, 6.07) is 9.80. The fourth-order valence-electron chi connectivity index (χ4n) is 2.97. The molecule has 0 saturated heterocycles. The van der Waals surface area contributed by atoms with E-state index in [0.717, 1.165) is 28.2 Å². The second kappa shape index (κ2) is 9.09. The molecule has 9 nitrogen and oxygen atoms in total. The van der Waals surface area contributed by atoms with E-state index in [4.69, 9.17) is 4.52 Å². The second-order valence-electron chi connectivity index (χ2n) is 6.97. The molecule has 0 bridgehead atoms. The highest BCUT2D eigenvalue weighted by atomic mass is 32.2. The molecule has 4 rings (SSSR count). The predicted molar refractivity (Wildman–Crippen MR) is 116 cm³/mol. The molecular weight excluding hydrogens is 414 g/mol. The molecule has 1 N–H and O–H groups in total. The van der Waals surface area contributed by atoms with Gasteiger partial charge in [-0.2, -0.15) is 4.98 Å². The first kappa shape index (κ1) is 20.7. The minimum Gasteiger partial charge on any atom is -0.346 e. The lowest BCUT2D eigenvalue weighted by Crippen LogP contribution is -2.24. The van der Waals surface area contributed by atoms with Crippen LogP contribution < -0.4 is 5.32 Å². The van der Waals surface area contributed by atoms with Gasteiger partial charge in [-0.3, -0.25) is 14.3 Å². The maximum Gasteiger partial charge on any atom is 0.246 e. The summed E-state index contributed by atoms with van der Waals surface area (Å²) in [5, 5.41) is 15.8. The first-order chi connectivity index (χ1) is 15.0. The van der Waals surface area contributed by atoms with Crippen LogP contribution in [0.25, 0.3) is 17.1 Å². The van der Waals surface area contributed by atoms with Crippen molar-refractivity contribution < 1.29 is 9.32 Å². The third-order valence-corrected chi connectivity index (χ3v) is 5.51. The third kappa shape index (κ3) is 4.80.